The van der Waals surface area contributed by atoms with E-state index in [1.165, 1.54) is 24.3 Å². The molecule has 2 aromatic carbocycles. The van der Waals surface area contributed by atoms with E-state index in [9.17, 15) is 19.7 Å². The number of hydrogen-bond donors (Lipinski definition) is 2. The van der Waals surface area contributed by atoms with Crippen molar-refractivity contribution in [1.29, 1.82) is 0 Å². The van der Waals surface area contributed by atoms with Crippen LogP contribution in [0.3, 0.4) is 0 Å². The van der Waals surface area contributed by atoms with Gasteiger partial charge in [-0.15, -0.1) is 10.2 Å². The van der Waals surface area contributed by atoms with Crippen LogP contribution in [0.25, 0.3) is 0 Å². The number of benzene rings is 2. The highest BCUT2D eigenvalue weighted by Gasteiger charge is 2.16. The van der Waals surface area contributed by atoms with Crippen molar-refractivity contribution in [2.45, 2.75) is 11.6 Å². The smallest absolute Gasteiger partial charge is 0.271 e. The molecule has 0 aliphatic heterocycles. The molecule has 0 bridgehead atoms. The van der Waals surface area contributed by atoms with Crippen LogP contribution in [0.15, 0.2) is 41.6 Å². The highest BCUT2D eigenvalue weighted by Crippen LogP contribution is 2.27. The van der Waals surface area contributed by atoms with Gasteiger partial charge in [0.2, 0.25) is 11.8 Å². The van der Waals surface area contributed by atoms with Crippen LogP contribution in [-0.2, 0) is 23.1 Å². The molecule has 0 atom stereocenters. The summed E-state index contributed by atoms with van der Waals surface area (Å²) in [4.78, 5) is 34.9. The van der Waals surface area contributed by atoms with Gasteiger partial charge < -0.3 is 15.2 Å². The van der Waals surface area contributed by atoms with Crippen molar-refractivity contribution in [1.82, 2.24) is 14.8 Å². The Kier molecular flexibility index (Phi) is 8.14. The first-order chi connectivity index (χ1) is 15.6. The Morgan fingerprint density at radius 2 is 1.76 bits per heavy atom. The number of aromatic nitrogens is 3. The molecule has 1 heterocycles. The fraction of sp³-hybridized carbons (Fsp3) is 0.158. The van der Waals surface area contributed by atoms with Gasteiger partial charge in [-0.25, -0.2) is 0 Å². The standard InChI is InChI=1S/C19H15Cl3N6O4S/c1-27-16(8-17(29)23-10-2-4-12(20)14(22)6-10)25-26-19(27)33-9-18(30)24-15-7-11(28(31)32)3-5-13(15)21/h2-7H,8-9H2,1H3,(H,23,29)(H,24,30). The second-order valence-corrected chi connectivity index (χ2v) is 8.73. The van der Waals surface area contributed by atoms with Crippen LogP contribution >= 0.6 is 46.6 Å². The van der Waals surface area contributed by atoms with E-state index in [2.05, 4.69) is 20.8 Å². The van der Waals surface area contributed by atoms with Crippen molar-refractivity contribution < 1.29 is 14.5 Å². The maximum Gasteiger partial charge on any atom is 0.271 e. The van der Waals surface area contributed by atoms with Crippen molar-refractivity contribution in [3.63, 3.8) is 0 Å². The van der Waals surface area contributed by atoms with Gasteiger partial charge in [0.05, 0.1) is 37.9 Å². The molecule has 0 radical (unpaired) electrons. The molecule has 3 aromatic rings. The molecular weight excluding hydrogens is 515 g/mol. The highest BCUT2D eigenvalue weighted by atomic mass is 35.5. The quantitative estimate of drug-likeness (QED) is 0.248. The molecule has 172 valence electrons. The van der Waals surface area contributed by atoms with Crippen LogP contribution in [0.2, 0.25) is 15.1 Å². The SMILES string of the molecule is Cn1c(CC(=O)Nc2ccc(Cl)c(Cl)c2)nnc1SCC(=O)Nc1cc([N+](=O)[O-])ccc1Cl. The largest absolute Gasteiger partial charge is 0.326 e. The Bertz CT molecular complexity index is 1240. The number of nitro benzene ring substituents is 1. The number of halogens is 3. The van der Waals surface area contributed by atoms with Crippen molar-refractivity contribution in [2.24, 2.45) is 7.05 Å². The van der Waals surface area contributed by atoms with E-state index in [1.807, 2.05) is 0 Å². The fourth-order valence-electron chi connectivity index (χ4n) is 2.59. The van der Waals surface area contributed by atoms with E-state index in [4.69, 9.17) is 34.8 Å². The molecule has 33 heavy (non-hydrogen) atoms. The topological polar surface area (TPSA) is 132 Å². The summed E-state index contributed by atoms with van der Waals surface area (Å²) in [6.45, 7) is 0. The maximum atomic E-state index is 12.3. The monoisotopic (exact) mass is 528 g/mol. The molecule has 14 heteroatoms. The van der Waals surface area contributed by atoms with Gasteiger partial charge in [0.25, 0.3) is 5.69 Å². The van der Waals surface area contributed by atoms with Crippen LogP contribution < -0.4 is 10.6 Å². The lowest BCUT2D eigenvalue weighted by molar-refractivity contribution is -0.384. The van der Waals surface area contributed by atoms with Gasteiger partial charge in [-0.1, -0.05) is 46.6 Å². The Balaban J connectivity index is 1.57. The number of thioether (sulfide) groups is 1. The van der Waals surface area contributed by atoms with Gasteiger partial charge in [0, 0.05) is 24.9 Å². The number of hydrogen-bond acceptors (Lipinski definition) is 7. The zero-order valence-corrected chi connectivity index (χ0v) is 19.9. The summed E-state index contributed by atoms with van der Waals surface area (Å²) in [6.07, 6.45) is -0.0558. The average molecular weight is 530 g/mol. The Morgan fingerprint density at radius 3 is 2.45 bits per heavy atom. The van der Waals surface area contributed by atoms with Crippen LogP contribution in [0.5, 0.6) is 0 Å². The fourth-order valence-corrected chi connectivity index (χ4v) is 3.78. The van der Waals surface area contributed by atoms with E-state index in [0.29, 0.717) is 26.7 Å². The number of non-ortho nitro benzene ring substituents is 1. The summed E-state index contributed by atoms with van der Waals surface area (Å²) < 4.78 is 1.59. The van der Waals surface area contributed by atoms with Crippen molar-refractivity contribution in [2.75, 3.05) is 16.4 Å². The van der Waals surface area contributed by atoms with E-state index >= 15 is 0 Å². The van der Waals surface area contributed by atoms with E-state index in [-0.39, 0.29) is 34.5 Å². The molecule has 2 N–H and O–H groups in total. The number of amides is 2. The summed E-state index contributed by atoms with van der Waals surface area (Å²) in [7, 11) is 1.67. The lowest BCUT2D eigenvalue weighted by Gasteiger charge is -2.08. The minimum Gasteiger partial charge on any atom is -0.326 e. The number of carbonyl (C=O) groups excluding carboxylic acids is 2. The van der Waals surface area contributed by atoms with Gasteiger partial charge in [0.1, 0.15) is 5.82 Å². The third-order valence-electron chi connectivity index (χ3n) is 4.21. The third kappa shape index (κ3) is 6.57. The Labute approximate surface area is 206 Å². The average Bonchev–Trinajstić information content (AvgIpc) is 3.10. The first kappa shape index (κ1) is 24.8. The summed E-state index contributed by atoms with van der Waals surface area (Å²) >= 11 is 18.9. The molecular formula is C19H15Cl3N6O4S. The predicted molar refractivity (Wildman–Crippen MR) is 127 cm³/mol. The first-order valence-corrected chi connectivity index (χ1v) is 11.3. The van der Waals surface area contributed by atoms with Gasteiger partial charge in [-0.3, -0.25) is 19.7 Å². The van der Waals surface area contributed by atoms with Gasteiger partial charge in [-0.05, 0) is 24.3 Å². The molecule has 0 saturated heterocycles. The number of carbonyl (C=O) groups is 2. The minimum atomic E-state index is -0.584. The maximum absolute atomic E-state index is 12.3. The van der Waals surface area contributed by atoms with Crippen LogP contribution in [0.4, 0.5) is 17.1 Å². The summed E-state index contributed by atoms with van der Waals surface area (Å²) in [5.74, 6) is -0.444. The van der Waals surface area contributed by atoms with Gasteiger partial charge in [0.15, 0.2) is 5.16 Å². The number of nitro groups is 1. The molecule has 0 aliphatic carbocycles. The molecule has 3 rings (SSSR count). The van der Waals surface area contributed by atoms with Gasteiger partial charge in [-0.2, -0.15) is 0 Å². The molecule has 0 aliphatic rings. The van der Waals surface area contributed by atoms with E-state index < -0.39 is 10.8 Å². The van der Waals surface area contributed by atoms with Crippen LogP contribution in [0.1, 0.15) is 5.82 Å². The second-order valence-electron chi connectivity index (χ2n) is 6.57. The lowest BCUT2D eigenvalue weighted by atomic mass is 10.3. The molecule has 2 amide bonds. The molecule has 1 aromatic heterocycles. The van der Waals surface area contributed by atoms with Crippen LogP contribution in [0, 0.1) is 10.1 Å². The predicted octanol–water partition coefficient (Wildman–Crippen LogP) is 4.60. The van der Waals surface area contributed by atoms with Crippen molar-refractivity contribution in [3.05, 3.63) is 67.4 Å². The summed E-state index contributed by atoms with van der Waals surface area (Å²) in [5, 5.41) is 25.4. The molecule has 10 nitrogen and oxygen atoms in total. The van der Waals surface area contributed by atoms with Crippen LogP contribution in [-0.4, -0.2) is 37.3 Å². The summed E-state index contributed by atoms with van der Waals surface area (Å²) in [5.41, 5.74) is 0.427. The van der Waals surface area contributed by atoms with E-state index in [1.54, 1.807) is 23.7 Å². The zero-order chi connectivity index (χ0) is 24.1. The Morgan fingerprint density at radius 1 is 1.03 bits per heavy atom. The van der Waals surface area contributed by atoms with E-state index in [0.717, 1.165) is 11.8 Å². The number of anilines is 2. The molecule has 0 unspecified atom stereocenters. The normalized spacial score (nSPS) is 10.7. The van der Waals surface area contributed by atoms with Crippen molar-refractivity contribution >= 4 is 75.4 Å². The Hall–Kier alpha value is -2.86. The minimum absolute atomic E-state index is 0.0551. The second kappa shape index (κ2) is 10.8. The molecule has 0 spiro atoms. The number of rotatable bonds is 8. The number of nitrogens with zero attached hydrogens (tertiary/aromatic N) is 4. The molecule has 0 saturated carbocycles. The van der Waals surface area contributed by atoms with Crippen molar-refractivity contribution in [3.8, 4) is 0 Å². The first-order valence-electron chi connectivity index (χ1n) is 9.14. The summed E-state index contributed by atoms with van der Waals surface area (Å²) in [6, 6.07) is 8.48. The molecule has 0 fully saturated rings. The third-order valence-corrected chi connectivity index (χ3v) is 6.30. The number of nitrogens with one attached hydrogen (secondary N) is 2. The highest BCUT2D eigenvalue weighted by molar-refractivity contribution is 7.99. The lowest BCUT2D eigenvalue weighted by Crippen LogP contribution is -2.17. The zero-order valence-electron chi connectivity index (χ0n) is 16.8. The van der Waals surface area contributed by atoms with Gasteiger partial charge >= 0.3 is 0 Å².